The summed E-state index contributed by atoms with van der Waals surface area (Å²) in [5.41, 5.74) is 2.91. The van der Waals surface area contributed by atoms with Crippen LogP contribution in [0.4, 0.5) is 5.69 Å². The summed E-state index contributed by atoms with van der Waals surface area (Å²) in [6.07, 6.45) is 0.904. The fourth-order valence-electron chi connectivity index (χ4n) is 12.1. The summed E-state index contributed by atoms with van der Waals surface area (Å²) in [7, 11) is 0. The van der Waals surface area contributed by atoms with Crippen molar-refractivity contribution in [1.82, 2.24) is 15.1 Å². The Labute approximate surface area is 426 Å². The van der Waals surface area contributed by atoms with Gasteiger partial charge in [0.1, 0.15) is 66.9 Å². The van der Waals surface area contributed by atoms with E-state index < -0.39 is 83.4 Å². The van der Waals surface area contributed by atoms with Crippen molar-refractivity contribution in [1.29, 1.82) is 0 Å². The Balaban J connectivity index is 0.883. The average Bonchev–Trinajstić information content (AvgIpc) is 4.13. The maximum absolute atomic E-state index is 15.1. The van der Waals surface area contributed by atoms with E-state index in [2.05, 4.69) is 17.2 Å². The molecule has 15 heteroatoms. The molecule has 3 amide bonds. The maximum Gasteiger partial charge on any atom is 0.325 e. The number of anilines is 1. The Hall–Kier alpha value is -8.56. The summed E-state index contributed by atoms with van der Waals surface area (Å²) >= 11 is 0. The quantitative estimate of drug-likeness (QED) is 0.0439. The molecule has 0 radical (unpaired) electrons. The SMILES string of the molecule is C=CCOC(=O)[C@@H]1[C@H]2C(=O)O[C@H](c3ccccc3)[C@H](c3ccccc3)N2[C@H](c2ccc(OCCOC(=O)[C@@H]3C[C@@H]4C(=O)N[C@@H](Cc5ccccc5)C(=O)N4[C@@H]3c3ccc(O)cc3)cc2)[C@@]12C(=O)Nc1ccccc12. The van der Waals surface area contributed by atoms with E-state index in [1.54, 1.807) is 54.6 Å². The Bertz CT molecular complexity index is 3120. The molecule has 0 aliphatic carbocycles. The Kier molecular flexibility index (Phi) is 12.8. The number of fused-ring (bicyclic) bond motifs is 4. The Morgan fingerprint density at radius 1 is 0.703 bits per heavy atom. The largest absolute Gasteiger partial charge is 0.508 e. The highest BCUT2D eigenvalue weighted by molar-refractivity contribution is 6.11. The highest BCUT2D eigenvalue weighted by Crippen LogP contribution is 2.65. The number of nitrogens with one attached hydrogen (secondary N) is 2. The first-order valence-electron chi connectivity index (χ1n) is 24.7. The summed E-state index contributed by atoms with van der Waals surface area (Å²) in [4.78, 5) is 90.0. The molecule has 15 nitrogen and oxygen atoms in total. The zero-order valence-corrected chi connectivity index (χ0v) is 40.0. The van der Waals surface area contributed by atoms with Gasteiger partial charge in [0.15, 0.2) is 0 Å². The van der Waals surface area contributed by atoms with E-state index in [0.717, 1.165) is 16.7 Å². The number of rotatable bonds is 14. The fourth-order valence-corrected chi connectivity index (χ4v) is 12.1. The van der Waals surface area contributed by atoms with Crippen molar-refractivity contribution in [2.24, 2.45) is 11.8 Å². The molecule has 11 rings (SSSR count). The minimum atomic E-state index is -1.70. The molecule has 74 heavy (non-hydrogen) atoms. The molecule has 5 heterocycles. The fraction of sp³-hybridized carbons (Fsp3) is 0.254. The predicted molar refractivity (Wildman–Crippen MR) is 269 cm³/mol. The average molecular weight is 993 g/mol. The number of cyclic esters (lactones) is 1. The maximum atomic E-state index is 15.1. The van der Waals surface area contributed by atoms with Crippen molar-refractivity contribution in [3.05, 3.63) is 210 Å². The van der Waals surface area contributed by atoms with Gasteiger partial charge >= 0.3 is 17.9 Å². The second kappa shape index (κ2) is 19.8. The standard InChI is InChI=1S/C59H52N4O11/c1-2-30-72-56(68)47-50-57(69)74-51(38-18-10-5-11-19-38)49(36-16-8-4-9-17-36)63(50)52(59(47)43-20-12-13-21-44(43)61-58(59)70)39-24-28-41(29-25-39)71-31-32-73-55(67)42-34-46-53(65)60-45(33-35-14-6-3-7-15-35)54(66)62(46)48(42)37-22-26-40(64)27-23-37/h2-29,42,45-52,64H,1,30-34H2,(H,60,65)(H,61,70)/t42-,45+,46-,47+,48-,49+,50+,51-,52-,59+/m1/s1. The topological polar surface area (TPSA) is 190 Å². The molecule has 0 saturated carbocycles. The van der Waals surface area contributed by atoms with Crippen LogP contribution in [-0.4, -0.2) is 88.5 Å². The highest BCUT2D eigenvalue weighted by atomic mass is 16.6. The zero-order valence-electron chi connectivity index (χ0n) is 40.0. The van der Waals surface area contributed by atoms with Gasteiger partial charge < -0.3 is 39.6 Å². The molecule has 0 bridgehead atoms. The lowest BCUT2D eigenvalue weighted by Gasteiger charge is -2.46. The van der Waals surface area contributed by atoms with Gasteiger partial charge in [-0.15, -0.1) is 0 Å². The number of para-hydroxylation sites is 1. The first-order chi connectivity index (χ1) is 36.1. The number of piperazine rings is 1. The third-order valence-electron chi connectivity index (χ3n) is 15.1. The number of morpholine rings is 1. The number of hydrogen-bond acceptors (Lipinski definition) is 12. The number of phenols is 1. The Morgan fingerprint density at radius 3 is 2.04 bits per heavy atom. The van der Waals surface area contributed by atoms with Gasteiger partial charge in [-0.2, -0.15) is 0 Å². The number of esters is 3. The number of aromatic hydroxyl groups is 1. The van der Waals surface area contributed by atoms with Crippen molar-refractivity contribution < 1.29 is 52.8 Å². The molecule has 5 aliphatic rings. The van der Waals surface area contributed by atoms with Gasteiger partial charge in [0.25, 0.3) is 0 Å². The molecular weight excluding hydrogens is 941 g/mol. The molecular formula is C59H52N4O11. The summed E-state index contributed by atoms with van der Waals surface area (Å²) < 4.78 is 24.2. The third kappa shape index (κ3) is 8.22. The van der Waals surface area contributed by atoms with E-state index >= 15 is 4.79 Å². The van der Waals surface area contributed by atoms with Gasteiger partial charge in [0, 0.05) is 12.1 Å². The number of carbonyl (C=O) groups is 6. The van der Waals surface area contributed by atoms with Gasteiger partial charge in [-0.25, -0.2) is 0 Å². The monoisotopic (exact) mass is 992 g/mol. The van der Waals surface area contributed by atoms with Crippen LogP contribution in [-0.2, 0) is 54.8 Å². The summed E-state index contributed by atoms with van der Waals surface area (Å²) in [6.45, 7) is 3.35. The molecule has 4 fully saturated rings. The van der Waals surface area contributed by atoms with Gasteiger partial charge in [0.2, 0.25) is 17.7 Å². The number of carbonyl (C=O) groups excluding carboxylic acids is 6. The molecule has 5 aliphatic heterocycles. The van der Waals surface area contributed by atoms with Crippen molar-refractivity contribution in [3.8, 4) is 11.5 Å². The van der Waals surface area contributed by atoms with Gasteiger partial charge in [-0.1, -0.05) is 146 Å². The van der Waals surface area contributed by atoms with Crippen LogP contribution < -0.4 is 15.4 Å². The lowest BCUT2D eigenvalue weighted by molar-refractivity contribution is -0.180. The third-order valence-corrected chi connectivity index (χ3v) is 15.1. The molecule has 0 unspecified atom stereocenters. The summed E-state index contributed by atoms with van der Waals surface area (Å²) in [5, 5.41) is 16.0. The first kappa shape index (κ1) is 47.7. The minimum Gasteiger partial charge on any atom is -0.508 e. The number of nitrogens with zero attached hydrogens (tertiary/aromatic N) is 2. The van der Waals surface area contributed by atoms with E-state index in [-0.39, 0.29) is 50.2 Å². The number of ether oxygens (including phenoxy) is 4. The van der Waals surface area contributed by atoms with Crippen LogP contribution in [0.15, 0.2) is 176 Å². The van der Waals surface area contributed by atoms with E-state index in [4.69, 9.17) is 18.9 Å². The number of phenolic OH excluding ortho intramolecular Hbond substituents is 1. The molecule has 4 saturated heterocycles. The van der Waals surface area contributed by atoms with Gasteiger partial charge in [0.05, 0.1) is 24.0 Å². The molecule has 0 aromatic heterocycles. The highest BCUT2D eigenvalue weighted by Gasteiger charge is 2.74. The van der Waals surface area contributed by atoms with E-state index in [1.807, 2.05) is 102 Å². The molecule has 10 atom stereocenters. The Morgan fingerprint density at radius 2 is 1.34 bits per heavy atom. The van der Waals surface area contributed by atoms with Gasteiger partial charge in [-0.05, 0) is 70.1 Å². The molecule has 6 aromatic carbocycles. The zero-order chi connectivity index (χ0) is 51.1. The van der Waals surface area contributed by atoms with E-state index in [0.29, 0.717) is 28.1 Å². The number of benzene rings is 6. The number of hydrogen-bond donors (Lipinski definition) is 3. The van der Waals surface area contributed by atoms with Crippen molar-refractivity contribution in [3.63, 3.8) is 0 Å². The van der Waals surface area contributed by atoms with Crippen LogP contribution in [0.5, 0.6) is 11.5 Å². The van der Waals surface area contributed by atoms with Gasteiger partial charge in [-0.3, -0.25) is 33.7 Å². The molecule has 1 spiro atoms. The van der Waals surface area contributed by atoms with Crippen molar-refractivity contribution in [2.75, 3.05) is 25.1 Å². The molecule has 6 aromatic rings. The normalized spacial score (nSPS) is 26.8. The van der Waals surface area contributed by atoms with Crippen LogP contribution in [0.25, 0.3) is 0 Å². The van der Waals surface area contributed by atoms with Crippen molar-refractivity contribution >= 4 is 41.3 Å². The van der Waals surface area contributed by atoms with Crippen LogP contribution >= 0.6 is 0 Å². The number of amides is 3. The van der Waals surface area contributed by atoms with Crippen LogP contribution in [0.2, 0.25) is 0 Å². The van der Waals surface area contributed by atoms with E-state index in [1.165, 1.54) is 23.1 Å². The van der Waals surface area contributed by atoms with Crippen LogP contribution in [0.3, 0.4) is 0 Å². The lowest BCUT2D eigenvalue weighted by Crippen LogP contribution is -2.62. The minimum absolute atomic E-state index is 0.0102. The summed E-state index contributed by atoms with van der Waals surface area (Å²) in [5.74, 6) is -5.05. The van der Waals surface area contributed by atoms with Crippen molar-refractivity contribution in [2.45, 2.75) is 60.6 Å². The second-order valence-electron chi connectivity index (χ2n) is 19.2. The summed E-state index contributed by atoms with van der Waals surface area (Å²) in [6, 6.07) is 43.3. The predicted octanol–water partition coefficient (Wildman–Crippen LogP) is 7.01. The molecule has 3 N–H and O–H groups in total. The first-order valence-corrected chi connectivity index (χ1v) is 24.7. The lowest BCUT2D eigenvalue weighted by atomic mass is 9.65. The van der Waals surface area contributed by atoms with Crippen LogP contribution in [0, 0.1) is 11.8 Å². The molecule has 374 valence electrons. The smallest absolute Gasteiger partial charge is 0.325 e. The van der Waals surface area contributed by atoms with E-state index in [9.17, 15) is 29.1 Å². The second-order valence-corrected chi connectivity index (χ2v) is 19.2. The van der Waals surface area contributed by atoms with Crippen LogP contribution in [0.1, 0.15) is 64.0 Å².